The van der Waals surface area contributed by atoms with Gasteiger partial charge in [0.2, 0.25) is 0 Å². The Morgan fingerprint density at radius 3 is 0.935 bits per heavy atom. The van der Waals surface area contributed by atoms with Crippen LogP contribution in [0.25, 0.3) is 22.5 Å². The average Bonchev–Trinajstić information content (AvgIpc) is 1.63. The number of carbonyl (C=O) groups excluding carboxylic acids is 6. The normalized spacial score (nSPS) is 13.5. The minimum atomic E-state index is -1.88. The standard InChI is InChI=1S/C29H40N4O5Si.C26H32N4O5.C19H28BrN3O4Si.C11H15NO.C9H12BrN3Si.C4H3Br2N3/c1-28(2,3)37-26(35)33(27(36)38-29(4,5)6)25-22(16-17-39(7,8)9)31-23(18-30-25)20-14-15-24(34)32(19-20)21-12-10-11-13-21;1-8-19-22(30(23(32)34-25(2,3)4)24(33)35-26(5,6)7)27-15-20(28-19)17-13-14-21(31)29(16-17)18-11-9-10-12-18;1-18(2,3)26-16(24)23(17(25)27-19(4,5)6)15-13(10-11-28(7,8)9)22-14(20)12-21-15;1-9-6-7-11(13)12(8-9)10-4-2-3-5-10;1-14(2,3)5-4-7-9(11)12-6-8(10)13-7;5-2-1-8-4(7)3(6)9-2/h14-15,18-19,21H,10-13H2,1-9H3;1,13-16,18H,9-12H2,2-7H3;12H,1-9H3;6-8,10H,2-5H2,1H3;6H,1-3H3,(H2,11,12);1H,(H2,7,8). The number of aromatic nitrogens is 13. The van der Waals surface area contributed by atoms with E-state index in [9.17, 15) is 43.2 Å². The molecule has 0 aromatic carbocycles. The quantitative estimate of drug-likeness (QED) is 0.0810. The first-order valence-corrected chi connectivity index (χ1v) is 58.7. The SMILES string of the molecule is C#Cc1nc(-c2ccc(=O)n(C3CCCC3)c2)cnc1N(C(=O)OC(C)(C)C)C(=O)OC(C)(C)C.CC(C)(C)OC(=O)N(C(=O)OC(C)(C)C)c1ncc(-c2ccc(=O)n(C3CCCC3)c2)nc1C#C[Si](C)(C)C.CC(C)(C)OC(=O)N(C(=O)OC(C)(C)C)c1ncc(Br)nc1C#C[Si](C)(C)C.C[Si](C)(C)C#Cc1nc(Br)cnc1N.Cc1ccc(=O)n(C2CCCC2)c1.Nc1ncc(Br)nc1Br. The van der Waals surface area contributed by atoms with Crippen molar-refractivity contribution in [3.05, 3.63) is 164 Å². The van der Waals surface area contributed by atoms with Crippen molar-refractivity contribution in [2.24, 2.45) is 0 Å². The maximum absolute atomic E-state index is 13.3. The van der Waals surface area contributed by atoms with Crippen molar-refractivity contribution in [2.75, 3.05) is 26.2 Å². The fraction of sp³-hybridized carbons (Fsp3) is 0.500. The van der Waals surface area contributed by atoms with Gasteiger partial charge in [0.05, 0.1) is 42.4 Å². The minimum Gasteiger partial charge on any atom is -0.443 e. The second-order valence-corrected chi connectivity index (χ2v) is 59.1. The van der Waals surface area contributed by atoms with Gasteiger partial charge in [0.1, 0.15) is 76.2 Å². The third-order valence-electron chi connectivity index (χ3n) is 18.3. The number of anilines is 5. The lowest BCUT2D eigenvalue weighted by Crippen LogP contribution is -2.44. The van der Waals surface area contributed by atoms with E-state index in [2.05, 4.69) is 208 Å². The van der Waals surface area contributed by atoms with Crippen LogP contribution in [0, 0.1) is 53.7 Å². The van der Waals surface area contributed by atoms with Crippen molar-refractivity contribution in [1.29, 1.82) is 0 Å². The summed E-state index contributed by atoms with van der Waals surface area (Å²) in [5.74, 6) is 11.9. The fourth-order valence-corrected chi connectivity index (χ4v) is 15.5. The zero-order valence-corrected chi connectivity index (χ0v) is 93.7. The van der Waals surface area contributed by atoms with Gasteiger partial charge in [-0.1, -0.05) is 121 Å². The van der Waals surface area contributed by atoms with Crippen LogP contribution in [-0.2, 0) is 28.4 Å². The summed E-state index contributed by atoms with van der Waals surface area (Å²) < 4.78 is 40.4. The van der Waals surface area contributed by atoms with E-state index < -0.39 is 94.4 Å². The molecule has 33 nitrogen and oxygen atoms in total. The van der Waals surface area contributed by atoms with Crippen LogP contribution in [0.15, 0.2) is 119 Å². The summed E-state index contributed by atoms with van der Waals surface area (Å²) in [6.45, 7) is 51.5. The summed E-state index contributed by atoms with van der Waals surface area (Å²) in [6.07, 6.45) is 26.0. The number of terminal acetylenes is 1. The molecule has 742 valence electrons. The predicted molar refractivity (Wildman–Crippen MR) is 561 cm³/mol. The number of halogens is 4. The zero-order valence-electron chi connectivity index (χ0n) is 84.3. The molecule has 8 aromatic heterocycles. The third kappa shape index (κ3) is 39.6. The van der Waals surface area contributed by atoms with Crippen LogP contribution >= 0.6 is 63.7 Å². The number of nitrogen functional groups attached to an aromatic ring is 2. The van der Waals surface area contributed by atoms with Crippen molar-refractivity contribution >= 4 is 154 Å². The Morgan fingerprint density at radius 2 is 0.630 bits per heavy atom. The van der Waals surface area contributed by atoms with Crippen LogP contribution in [0.3, 0.4) is 0 Å². The van der Waals surface area contributed by atoms with E-state index in [4.69, 9.17) is 51.3 Å². The number of carbonyl (C=O) groups is 6. The fourth-order valence-electron chi connectivity index (χ4n) is 12.6. The summed E-state index contributed by atoms with van der Waals surface area (Å²) in [7, 11) is -5.01. The number of ether oxygens (including phenoxy) is 6. The van der Waals surface area contributed by atoms with E-state index in [0.29, 0.717) is 69.2 Å². The second kappa shape index (κ2) is 49.1. The lowest BCUT2D eigenvalue weighted by atomic mass is 10.1. The van der Waals surface area contributed by atoms with Gasteiger partial charge in [-0.15, -0.1) is 23.1 Å². The highest BCUT2D eigenvalue weighted by atomic mass is 79.9. The molecule has 0 radical (unpaired) electrons. The van der Waals surface area contributed by atoms with Gasteiger partial charge in [-0.3, -0.25) is 14.4 Å². The number of rotatable bonds is 8. The molecule has 4 N–H and O–H groups in total. The van der Waals surface area contributed by atoms with Crippen molar-refractivity contribution in [2.45, 2.75) is 319 Å². The molecule has 0 bridgehead atoms. The van der Waals surface area contributed by atoms with Crippen LogP contribution in [-0.4, -0.2) is 158 Å². The van der Waals surface area contributed by atoms with E-state index in [1.807, 2.05) is 23.8 Å². The summed E-state index contributed by atoms with van der Waals surface area (Å²) >= 11 is 12.7. The Balaban J connectivity index is 0.000000270. The Bertz CT molecular complexity index is 6050. The van der Waals surface area contributed by atoms with E-state index in [1.165, 1.54) is 62.0 Å². The lowest BCUT2D eigenvalue weighted by Gasteiger charge is -2.28. The molecule has 3 aliphatic rings. The van der Waals surface area contributed by atoms with Crippen LogP contribution < -0.4 is 42.8 Å². The molecule has 40 heteroatoms. The van der Waals surface area contributed by atoms with Gasteiger partial charge >= 0.3 is 36.6 Å². The molecular weight excluding hydrogens is 2070 g/mol. The highest BCUT2D eigenvalue weighted by Crippen LogP contribution is 2.35. The Labute approximate surface area is 846 Å². The molecule has 8 aromatic rings. The molecule has 3 saturated carbocycles. The molecule has 6 amide bonds. The first kappa shape index (κ1) is 116. The molecule has 0 unspecified atom stereocenters. The van der Waals surface area contributed by atoms with E-state index in [-0.39, 0.29) is 63.3 Å². The van der Waals surface area contributed by atoms with Gasteiger partial charge in [0, 0.05) is 66.0 Å². The highest BCUT2D eigenvalue weighted by molar-refractivity contribution is 9.11. The number of aryl methyl sites for hydroxylation is 1. The van der Waals surface area contributed by atoms with Crippen molar-refractivity contribution in [1.82, 2.24) is 63.5 Å². The number of hydrogen-bond donors (Lipinski definition) is 2. The Morgan fingerprint density at radius 1 is 0.370 bits per heavy atom. The molecule has 0 saturated heterocycles. The molecule has 0 aliphatic heterocycles. The second-order valence-electron chi connectivity index (χ2n) is 41.6. The van der Waals surface area contributed by atoms with Gasteiger partial charge in [-0.05, 0) is 257 Å². The molecule has 11 rings (SSSR count). The summed E-state index contributed by atoms with van der Waals surface area (Å²) in [4.78, 5) is 159. The lowest BCUT2D eigenvalue weighted by molar-refractivity contribution is 0.0406. The van der Waals surface area contributed by atoms with Gasteiger partial charge in [0.25, 0.3) is 16.7 Å². The summed E-state index contributed by atoms with van der Waals surface area (Å²) in [5.41, 5.74) is 19.7. The van der Waals surface area contributed by atoms with Crippen molar-refractivity contribution in [3.63, 3.8) is 0 Å². The topological polar surface area (TPSA) is 414 Å². The number of amides is 6. The summed E-state index contributed by atoms with van der Waals surface area (Å²) in [6, 6.07) is 10.7. The Kier molecular flexibility index (Phi) is 41.2. The van der Waals surface area contributed by atoms with Crippen molar-refractivity contribution < 1.29 is 57.2 Å². The van der Waals surface area contributed by atoms with Gasteiger partial charge in [-0.25, -0.2) is 78.6 Å². The van der Waals surface area contributed by atoms with E-state index in [0.717, 1.165) is 61.2 Å². The predicted octanol–water partition coefficient (Wildman–Crippen LogP) is 22.5. The number of imide groups is 3. The van der Waals surface area contributed by atoms with Gasteiger partial charge in [0.15, 0.2) is 51.9 Å². The van der Waals surface area contributed by atoms with Crippen LogP contribution in [0.2, 0.25) is 58.9 Å². The number of hydrogen-bond acceptors (Lipinski definition) is 27. The monoisotopic (exact) mass is 2200 g/mol. The molecule has 3 aliphatic carbocycles. The van der Waals surface area contributed by atoms with Crippen LogP contribution in [0.4, 0.5) is 57.9 Å². The largest absolute Gasteiger partial charge is 0.443 e. The number of nitrogens with two attached hydrogens (primary N) is 2. The van der Waals surface area contributed by atoms with Crippen LogP contribution in [0.5, 0.6) is 0 Å². The third-order valence-corrected chi connectivity index (χ3v) is 22.7. The smallest absolute Gasteiger partial charge is 0.425 e. The zero-order chi connectivity index (χ0) is 104. The first-order valence-electron chi connectivity index (χ1n) is 45.0. The average molecular weight is 2200 g/mol. The Hall–Kier alpha value is -11.1. The molecule has 0 spiro atoms. The summed E-state index contributed by atoms with van der Waals surface area (Å²) in [5, 5.41) is 0. The molecule has 3 fully saturated rings. The number of pyridine rings is 3. The van der Waals surface area contributed by atoms with Crippen LogP contribution in [0.1, 0.15) is 248 Å². The van der Waals surface area contributed by atoms with Gasteiger partial charge in [-0.2, -0.15) is 14.7 Å². The minimum absolute atomic E-state index is 0.0301. The van der Waals surface area contributed by atoms with Gasteiger partial charge < -0.3 is 53.6 Å². The van der Waals surface area contributed by atoms with E-state index in [1.54, 1.807) is 177 Å². The highest BCUT2D eigenvalue weighted by Gasteiger charge is 2.40. The maximum Gasteiger partial charge on any atom is 0.425 e. The molecular formula is C98H130Br4N18O15Si3. The number of nitrogens with zero attached hydrogens (tertiary/aromatic N) is 16. The van der Waals surface area contributed by atoms with Crippen molar-refractivity contribution in [3.8, 4) is 69.3 Å². The molecule has 138 heavy (non-hydrogen) atoms. The molecule has 0 atom stereocenters. The molecule has 8 heterocycles. The van der Waals surface area contributed by atoms with E-state index >= 15 is 0 Å². The first-order chi connectivity index (χ1) is 63.6. The maximum atomic E-state index is 13.3.